The van der Waals surface area contributed by atoms with Crippen LogP contribution in [0.4, 0.5) is 4.39 Å². The zero-order valence-corrected chi connectivity index (χ0v) is 13.6. The van der Waals surface area contributed by atoms with Crippen LogP contribution in [0.15, 0.2) is 29.2 Å². The molecule has 1 atom stereocenters. The first-order valence-corrected chi connectivity index (χ1v) is 8.84. The van der Waals surface area contributed by atoms with E-state index in [4.69, 9.17) is 0 Å². The third-order valence-electron chi connectivity index (χ3n) is 3.61. The Labute approximate surface area is 130 Å². The largest absolute Gasteiger partial charge is 0.353 e. The van der Waals surface area contributed by atoms with Gasteiger partial charge < -0.3 is 5.32 Å². The van der Waals surface area contributed by atoms with Crippen molar-refractivity contribution in [2.75, 3.05) is 6.54 Å². The summed E-state index contributed by atoms with van der Waals surface area (Å²) in [5, 5.41) is 2.77. The van der Waals surface area contributed by atoms with E-state index in [1.54, 1.807) is 0 Å². The van der Waals surface area contributed by atoms with Gasteiger partial charge in [0.05, 0.1) is 4.90 Å². The molecule has 0 saturated carbocycles. The number of halogens is 1. The van der Waals surface area contributed by atoms with Crippen LogP contribution in [0.1, 0.15) is 33.1 Å². The molecule has 22 heavy (non-hydrogen) atoms. The van der Waals surface area contributed by atoms with Crippen molar-refractivity contribution < 1.29 is 17.6 Å². The molecule has 1 aromatic carbocycles. The van der Waals surface area contributed by atoms with Gasteiger partial charge >= 0.3 is 0 Å². The monoisotopic (exact) mass is 328 g/mol. The zero-order chi connectivity index (χ0) is 16.3. The van der Waals surface area contributed by atoms with Crippen molar-refractivity contribution >= 4 is 15.9 Å². The molecule has 1 aliphatic rings. The van der Waals surface area contributed by atoms with E-state index in [-0.39, 0.29) is 16.8 Å². The minimum absolute atomic E-state index is 0.0122. The van der Waals surface area contributed by atoms with Gasteiger partial charge in [-0.05, 0) is 51.0 Å². The van der Waals surface area contributed by atoms with Crippen LogP contribution < -0.4 is 5.32 Å². The number of hydrogen-bond donors (Lipinski definition) is 1. The smallest absolute Gasteiger partial charge is 0.243 e. The Balaban J connectivity index is 2.29. The highest BCUT2D eigenvalue weighted by molar-refractivity contribution is 7.89. The topological polar surface area (TPSA) is 66.5 Å². The number of amides is 1. The van der Waals surface area contributed by atoms with Gasteiger partial charge in [-0.25, -0.2) is 12.8 Å². The highest BCUT2D eigenvalue weighted by Gasteiger charge is 2.37. The van der Waals surface area contributed by atoms with E-state index < -0.39 is 21.9 Å². The lowest BCUT2D eigenvalue weighted by Crippen LogP contribution is -2.52. The van der Waals surface area contributed by atoms with Gasteiger partial charge in [-0.2, -0.15) is 4.31 Å². The van der Waals surface area contributed by atoms with Crippen LogP contribution >= 0.6 is 0 Å². The molecule has 0 aromatic heterocycles. The lowest BCUT2D eigenvalue weighted by molar-refractivity contribution is -0.126. The van der Waals surface area contributed by atoms with Crippen LogP contribution in [0, 0.1) is 5.82 Å². The van der Waals surface area contributed by atoms with Crippen molar-refractivity contribution in [3.63, 3.8) is 0 Å². The zero-order valence-electron chi connectivity index (χ0n) is 12.8. The molecule has 0 bridgehead atoms. The summed E-state index contributed by atoms with van der Waals surface area (Å²) in [7, 11) is -3.80. The summed E-state index contributed by atoms with van der Waals surface area (Å²) < 4.78 is 39.7. The molecule has 0 aliphatic carbocycles. The van der Waals surface area contributed by atoms with Crippen LogP contribution in [-0.2, 0) is 14.8 Å². The Bertz CT molecular complexity index is 629. The van der Waals surface area contributed by atoms with Crippen molar-refractivity contribution in [3.05, 3.63) is 30.1 Å². The summed E-state index contributed by atoms with van der Waals surface area (Å²) in [5.74, 6) is -0.771. The third-order valence-corrected chi connectivity index (χ3v) is 5.53. The number of benzene rings is 1. The number of hydrogen-bond acceptors (Lipinski definition) is 3. The van der Waals surface area contributed by atoms with Crippen molar-refractivity contribution in [1.82, 2.24) is 9.62 Å². The molecule has 0 radical (unpaired) electrons. The Kier molecular flexibility index (Phi) is 5.18. The van der Waals surface area contributed by atoms with Gasteiger partial charge in [-0.3, -0.25) is 4.79 Å². The summed E-state index contributed by atoms with van der Waals surface area (Å²) >= 11 is 0. The first kappa shape index (κ1) is 16.9. The predicted octanol–water partition coefficient (Wildman–Crippen LogP) is 1.89. The lowest BCUT2D eigenvalue weighted by atomic mass is 10.0. The number of piperidine rings is 1. The van der Waals surface area contributed by atoms with Crippen molar-refractivity contribution in [1.29, 1.82) is 0 Å². The van der Waals surface area contributed by atoms with Gasteiger partial charge in [0.1, 0.15) is 11.9 Å². The van der Waals surface area contributed by atoms with Gasteiger partial charge in [0.25, 0.3) is 0 Å². The maximum Gasteiger partial charge on any atom is 0.243 e. The van der Waals surface area contributed by atoms with Crippen molar-refractivity contribution in [2.45, 2.75) is 50.1 Å². The summed E-state index contributed by atoms with van der Waals surface area (Å²) in [4.78, 5) is 12.3. The molecule has 1 aliphatic heterocycles. The fraction of sp³-hybridized carbons (Fsp3) is 0.533. The number of carbonyl (C=O) groups excluding carboxylic acids is 1. The Morgan fingerprint density at radius 2 is 1.91 bits per heavy atom. The third kappa shape index (κ3) is 3.64. The maximum absolute atomic E-state index is 13.0. The van der Waals surface area contributed by atoms with Crippen LogP contribution in [0.25, 0.3) is 0 Å². The molecule has 1 aromatic rings. The fourth-order valence-electron chi connectivity index (χ4n) is 2.58. The Hall–Kier alpha value is -1.47. The molecule has 5 nitrogen and oxygen atoms in total. The Morgan fingerprint density at radius 3 is 2.50 bits per heavy atom. The SMILES string of the molecule is CC(C)NC(=O)C1CCCCN1S(=O)(=O)c1ccc(F)cc1. The van der Waals surface area contributed by atoms with E-state index in [9.17, 15) is 17.6 Å². The molecule has 2 rings (SSSR count). The second kappa shape index (κ2) is 6.75. The summed E-state index contributed by atoms with van der Waals surface area (Å²) in [6.45, 7) is 3.97. The molecule has 122 valence electrons. The average molecular weight is 328 g/mol. The average Bonchev–Trinajstić information content (AvgIpc) is 2.47. The molecular weight excluding hydrogens is 307 g/mol. The standard InChI is InChI=1S/C15H21FN2O3S/c1-11(2)17-15(19)14-5-3-4-10-18(14)22(20,21)13-8-6-12(16)7-9-13/h6-9,11,14H,3-5,10H2,1-2H3,(H,17,19). The summed E-state index contributed by atoms with van der Waals surface area (Å²) in [5.41, 5.74) is 0. The fourth-order valence-corrected chi connectivity index (χ4v) is 4.23. The van der Waals surface area contributed by atoms with E-state index in [2.05, 4.69) is 5.32 Å². The predicted molar refractivity (Wildman–Crippen MR) is 81.2 cm³/mol. The highest BCUT2D eigenvalue weighted by atomic mass is 32.2. The van der Waals surface area contributed by atoms with E-state index in [0.29, 0.717) is 19.4 Å². The van der Waals surface area contributed by atoms with Crippen LogP contribution in [0.2, 0.25) is 0 Å². The number of nitrogens with zero attached hydrogens (tertiary/aromatic N) is 1. The number of carbonyl (C=O) groups is 1. The second-order valence-electron chi connectivity index (χ2n) is 5.74. The molecule has 1 N–H and O–H groups in total. The number of sulfonamides is 1. The Morgan fingerprint density at radius 1 is 1.27 bits per heavy atom. The quantitative estimate of drug-likeness (QED) is 0.918. The molecular formula is C15H21FN2O3S. The highest BCUT2D eigenvalue weighted by Crippen LogP contribution is 2.25. The van der Waals surface area contributed by atoms with Crippen LogP contribution in [0.3, 0.4) is 0 Å². The molecule has 0 spiro atoms. The van der Waals surface area contributed by atoms with Gasteiger partial charge in [-0.15, -0.1) is 0 Å². The summed E-state index contributed by atoms with van der Waals surface area (Å²) in [6.07, 6.45) is 2.02. The molecule has 1 unspecified atom stereocenters. The first-order chi connectivity index (χ1) is 10.3. The number of nitrogens with one attached hydrogen (secondary N) is 1. The van der Waals surface area contributed by atoms with Crippen LogP contribution in [-0.4, -0.2) is 37.3 Å². The maximum atomic E-state index is 13.0. The van der Waals surface area contributed by atoms with Gasteiger partial charge in [0.2, 0.25) is 15.9 Å². The van der Waals surface area contributed by atoms with Crippen LogP contribution in [0.5, 0.6) is 0 Å². The van der Waals surface area contributed by atoms with E-state index in [0.717, 1.165) is 18.6 Å². The van der Waals surface area contributed by atoms with E-state index in [1.807, 2.05) is 13.8 Å². The van der Waals surface area contributed by atoms with E-state index >= 15 is 0 Å². The molecule has 1 amide bonds. The van der Waals surface area contributed by atoms with Gasteiger partial charge in [0.15, 0.2) is 0 Å². The normalized spacial score (nSPS) is 20.1. The minimum atomic E-state index is -3.80. The van der Waals surface area contributed by atoms with Gasteiger partial charge in [-0.1, -0.05) is 6.42 Å². The number of rotatable bonds is 4. The first-order valence-electron chi connectivity index (χ1n) is 7.40. The van der Waals surface area contributed by atoms with Gasteiger partial charge in [0, 0.05) is 12.6 Å². The van der Waals surface area contributed by atoms with Crippen molar-refractivity contribution in [3.8, 4) is 0 Å². The van der Waals surface area contributed by atoms with Crippen molar-refractivity contribution in [2.24, 2.45) is 0 Å². The minimum Gasteiger partial charge on any atom is -0.353 e. The van der Waals surface area contributed by atoms with E-state index in [1.165, 1.54) is 16.4 Å². The molecule has 1 heterocycles. The lowest BCUT2D eigenvalue weighted by Gasteiger charge is -2.34. The molecule has 7 heteroatoms. The molecule has 1 saturated heterocycles. The summed E-state index contributed by atoms with van der Waals surface area (Å²) in [6, 6.07) is 3.93. The molecule has 1 fully saturated rings. The second-order valence-corrected chi connectivity index (χ2v) is 7.64.